The van der Waals surface area contributed by atoms with E-state index in [4.69, 9.17) is 5.73 Å². The van der Waals surface area contributed by atoms with Crippen LogP contribution < -0.4 is 5.73 Å². The predicted molar refractivity (Wildman–Crippen MR) is 62.8 cm³/mol. The first kappa shape index (κ1) is 13.0. The maximum absolute atomic E-state index is 11.5. The summed E-state index contributed by atoms with van der Waals surface area (Å²) in [7, 11) is -2.97. The summed E-state index contributed by atoms with van der Waals surface area (Å²) >= 11 is 0. The second-order valence-corrected chi connectivity index (χ2v) is 5.95. The van der Waals surface area contributed by atoms with Gasteiger partial charge < -0.3 is 5.73 Å². The summed E-state index contributed by atoms with van der Waals surface area (Å²) in [4.78, 5) is 0. The Hall–Kier alpha value is -1.11. The molecule has 0 radical (unpaired) electrons. The zero-order chi connectivity index (χ0) is 12.2. The minimum atomic E-state index is -2.97. The molecule has 2 N–H and O–H groups in total. The molecule has 6 nitrogen and oxygen atoms in total. The molecular formula is C9H18N4O2S. The fraction of sp³-hybridized carbons (Fsp3) is 0.778. The molecule has 0 fully saturated rings. The van der Waals surface area contributed by atoms with E-state index in [0.717, 1.165) is 5.69 Å². The normalized spacial score (nSPS) is 11.9. The Morgan fingerprint density at radius 2 is 2.00 bits per heavy atom. The molecule has 1 aromatic rings. The minimum absolute atomic E-state index is 0.0939. The van der Waals surface area contributed by atoms with Gasteiger partial charge in [0.25, 0.3) is 0 Å². The Bertz CT molecular complexity index is 438. The van der Waals surface area contributed by atoms with Crippen molar-refractivity contribution >= 4 is 15.7 Å². The van der Waals surface area contributed by atoms with E-state index >= 15 is 0 Å². The Balaban J connectivity index is 2.68. The molecule has 0 aliphatic carbocycles. The molecule has 1 heterocycles. The van der Waals surface area contributed by atoms with E-state index in [0.29, 0.717) is 25.2 Å². The maximum atomic E-state index is 11.5. The van der Waals surface area contributed by atoms with Crippen molar-refractivity contribution in [3.05, 3.63) is 5.69 Å². The Morgan fingerprint density at radius 1 is 1.31 bits per heavy atom. The third kappa shape index (κ3) is 3.19. The van der Waals surface area contributed by atoms with E-state index in [1.165, 1.54) is 0 Å². The third-order valence-corrected chi connectivity index (χ3v) is 4.17. The largest absolute Gasteiger partial charge is 0.381 e. The van der Waals surface area contributed by atoms with Gasteiger partial charge in [0.05, 0.1) is 18.0 Å². The molecule has 1 rings (SSSR count). The van der Waals surface area contributed by atoms with Crippen molar-refractivity contribution in [2.24, 2.45) is 0 Å². The molecular weight excluding hydrogens is 228 g/mol. The monoisotopic (exact) mass is 246 g/mol. The van der Waals surface area contributed by atoms with Crippen LogP contribution in [0, 0.1) is 0 Å². The van der Waals surface area contributed by atoms with Crippen LogP contribution in [0.2, 0.25) is 0 Å². The van der Waals surface area contributed by atoms with Crippen molar-refractivity contribution in [1.29, 1.82) is 0 Å². The van der Waals surface area contributed by atoms with E-state index in [1.54, 1.807) is 4.68 Å². The van der Waals surface area contributed by atoms with Gasteiger partial charge in [-0.25, -0.2) is 13.1 Å². The van der Waals surface area contributed by atoms with Crippen molar-refractivity contribution < 1.29 is 8.42 Å². The minimum Gasteiger partial charge on any atom is -0.381 e. The number of hydrogen-bond acceptors (Lipinski definition) is 5. The number of nitrogens with two attached hydrogens (primary N) is 1. The molecule has 0 saturated carbocycles. The molecule has 92 valence electrons. The summed E-state index contributed by atoms with van der Waals surface area (Å²) in [6, 6.07) is 0. The zero-order valence-electron chi connectivity index (χ0n) is 9.68. The molecule has 0 spiro atoms. The topological polar surface area (TPSA) is 90.9 Å². The van der Waals surface area contributed by atoms with Gasteiger partial charge in [-0.05, 0) is 12.8 Å². The molecule has 0 aromatic carbocycles. The molecule has 0 saturated heterocycles. The highest BCUT2D eigenvalue weighted by atomic mass is 32.2. The quantitative estimate of drug-likeness (QED) is 0.776. The second kappa shape index (κ2) is 5.29. The van der Waals surface area contributed by atoms with Crippen molar-refractivity contribution in [1.82, 2.24) is 15.0 Å². The lowest BCUT2D eigenvalue weighted by Crippen LogP contribution is -2.17. The molecule has 0 aliphatic heterocycles. The van der Waals surface area contributed by atoms with E-state index in [1.807, 2.05) is 13.8 Å². The number of nitrogens with zero attached hydrogens (tertiary/aromatic N) is 3. The second-order valence-electron chi connectivity index (χ2n) is 3.65. The smallest absolute Gasteiger partial charge is 0.169 e. The summed E-state index contributed by atoms with van der Waals surface area (Å²) < 4.78 is 24.6. The number of rotatable bonds is 6. The summed E-state index contributed by atoms with van der Waals surface area (Å²) in [5.41, 5.74) is 6.40. The van der Waals surface area contributed by atoms with Crippen molar-refractivity contribution in [3.63, 3.8) is 0 Å². The van der Waals surface area contributed by atoms with Gasteiger partial charge in [0.2, 0.25) is 0 Å². The van der Waals surface area contributed by atoms with Gasteiger partial charge in [0, 0.05) is 5.75 Å². The highest BCUT2D eigenvalue weighted by Gasteiger charge is 2.13. The maximum Gasteiger partial charge on any atom is 0.169 e. The van der Waals surface area contributed by atoms with Gasteiger partial charge in [0.15, 0.2) is 15.7 Å². The van der Waals surface area contributed by atoms with Gasteiger partial charge in [-0.1, -0.05) is 19.1 Å². The molecule has 0 amide bonds. The number of aromatic nitrogens is 3. The van der Waals surface area contributed by atoms with Gasteiger partial charge >= 0.3 is 0 Å². The van der Waals surface area contributed by atoms with Crippen LogP contribution in [0.15, 0.2) is 0 Å². The predicted octanol–water partition coefficient (Wildman–Crippen LogP) is 0.247. The van der Waals surface area contributed by atoms with Crippen molar-refractivity contribution in [3.8, 4) is 0 Å². The molecule has 0 unspecified atom stereocenters. The first-order valence-corrected chi connectivity index (χ1v) is 7.20. The average molecular weight is 246 g/mol. The van der Waals surface area contributed by atoms with Crippen LogP contribution in [-0.2, 0) is 22.8 Å². The molecule has 16 heavy (non-hydrogen) atoms. The summed E-state index contributed by atoms with van der Waals surface area (Å²) in [6.07, 6.45) is 1.34. The number of sulfone groups is 1. The number of nitrogen functional groups attached to an aromatic ring is 1. The zero-order valence-corrected chi connectivity index (χ0v) is 10.5. The number of hydrogen-bond donors (Lipinski definition) is 1. The molecule has 0 bridgehead atoms. The van der Waals surface area contributed by atoms with Crippen LogP contribution in [0.25, 0.3) is 0 Å². The highest BCUT2D eigenvalue weighted by Crippen LogP contribution is 2.08. The van der Waals surface area contributed by atoms with Crippen LogP contribution in [0.4, 0.5) is 5.82 Å². The Kier molecular flexibility index (Phi) is 4.28. The summed E-state index contributed by atoms with van der Waals surface area (Å²) in [5.74, 6) is 0.699. The van der Waals surface area contributed by atoms with Crippen molar-refractivity contribution in [2.75, 3.05) is 17.2 Å². The van der Waals surface area contributed by atoms with Gasteiger partial charge in [-0.2, -0.15) is 0 Å². The van der Waals surface area contributed by atoms with Gasteiger partial charge in [0.1, 0.15) is 0 Å². The van der Waals surface area contributed by atoms with E-state index in [9.17, 15) is 8.42 Å². The number of aryl methyl sites for hydroxylation is 1. The number of anilines is 1. The standard InChI is InChI=1S/C9H18N4O2S/c1-3-6-16(14,15)7-5-13-8(4-2)9(10)11-12-13/h3-7,10H2,1-2H3. The van der Waals surface area contributed by atoms with E-state index in [-0.39, 0.29) is 11.5 Å². The fourth-order valence-corrected chi connectivity index (χ4v) is 2.81. The first-order valence-electron chi connectivity index (χ1n) is 5.38. The summed E-state index contributed by atoms with van der Waals surface area (Å²) in [5, 5.41) is 7.56. The SMILES string of the molecule is CCCS(=O)(=O)CCn1nnc(N)c1CC. The van der Waals surface area contributed by atoms with Gasteiger partial charge in [-0.3, -0.25) is 0 Å². The lowest BCUT2D eigenvalue weighted by Gasteiger charge is -2.05. The lowest BCUT2D eigenvalue weighted by atomic mass is 10.3. The van der Waals surface area contributed by atoms with Crippen LogP contribution in [0.1, 0.15) is 26.0 Å². The average Bonchev–Trinajstić information content (AvgIpc) is 2.56. The third-order valence-electron chi connectivity index (χ3n) is 2.33. The molecule has 1 aromatic heterocycles. The van der Waals surface area contributed by atoms with Crippen LogP contribution in [0.3, 0.4) is 0 Å². The lowest BCUT2D eigenvalue weighted by molar-refractivity contribution is 0.565. The fourth-order valence-electron chi connectivity index (χ4n) is 1.53. The van der Waals surface area contributed by atoms with Gasteiger partial charge in [-0.15, -0.1) is 5.10 Å². The first-order chi connectivity index (χ1) is 7.50. The Morgan fingerprint density at radius 3 is 2.56 bits per heavy atom. The molecule has 0 atom stereocenters. The van der Waals surface area contributed by atoms with E-state index in [2.05, 4.69) is 10.3 Å². The highest BCUT2D eigenvalue weighted by molar-refractivity contribution is 7.91. The molecule has 7 heteroatoms. The van der Waals surface area contributed by atoms with E-state index < -0.39 is 9.84 Å². The van der Waals surface area contributed by atoms with Crippen LogP contribution >= 0.6 is 0 Å². The molecule has 0 aliphatic rings. The Labute approximate surface area is 95.7 Å². The van der Waals surface area contributed by atoms with Crippen LogP contribution in [-0.4, -0.2) is 34.9 Å². The van der Waals surface area contributed by atoms with Crippen molar-refractivity contribution in [2.45, 2.75) is 33.2 Å². The van der Waals surface area contributed by atoms with Crippen LogP contribution in [0.5, 0.6) is 0 Å². The summed E-state index contributed by atoms with van der Waals surface area (Å²) in [6.45, 7) is 4.12.